The summed E-state index contributed by atoms with van der Waals surface area (Å²) in [7, 11) is 4.09. The first kappa shape index (κ1) is 18.4. The summed E-state index contributed by atoms with van der Waals surface area (Å²) in [6, 6.07) is 13.8. The van der Waals surface area contributed by atoms with Crippen LogP contribution in [0.4, 0.5) is 4.39 Å². The van der Waals surface area contributed by atoms with Gasteiger partial charge in [0.25, 0.3) is 0 Å². The molecule has 0 saturated heterocycles. The van der Waals surface area contributed by atoms with Gasteiger partial charge in [-0.05, 0) is 55.5 Å². The molecule has 3 heterocycles. The van der Waals surface area contributed by atoms with Crippen molar-refractivity contribution in [1.82, 2.24) is 4.57 Å². The van der Waals surface area contributed by atoms with E-state index < -0.39 is 0 Å². The summed E-state index contributed by atoms with van der Waals surface area (Å²) >= 11 is 0. The molecule has 0 atom stereocenters. The second kappa shape index (κ2) is 6.55. The van der Waals surface area contributed by atoms with Crippen molar-refractivity contribution in [2.75, 3.05) is 0 Å². The van der Waals surface area contributed by atoms with Gasteiger partial charge < -0.3 is 8.98 Å². The molecule has 0 N–H and O–H groups in total. The Bertz CT molecular complexity index is 1510. The molecule has 6 rings (SSSR count). The van der Waals surface area contributed by atoms with Crippen molar-refractivity contribution >= 4 is 21.9 Å². The van der Waals surface area contributed by atoms with Crippen molar-refractivity contribution in [1.29, 1.82) is 0 Å². The molecule has 0 saturated carbocycles. The standard InChI is InChI=1S/C27H24FN2O/c1-16-10-11-18-19-12-13-21(28)25(20-15-30(3)22-9-6-7-17(20)22)27(19)31-26(18)24(16)23-8-4-5-14-29(23)2/h4-5,8,10-15H,6-7,9H2,1-3H3/q+1. The lowest BCUT2D eigenvalue weighted by Gasteiger charge is -2.05. The maximum atomic E-state index is 15.3. The Kier molecular flexibility index (Phi) is 3.88. The Labute approximate surface area is 180 Å². The predicted molar refractivity (Wildman–Crippen MR) is 121 cm³/mol. The van der Waals surface area contributed by atoms with E-state index in [1.807, 2.05) is 31.4 Å². The number of fused-ring (bicyclic) bond motifs is 4. The maximum Gasteiger partial charge on any atom is 0.216 e. The normalized spacial score (nSPS) is 13.4. The molecule has 2 aromatic carbocycles. The third kappa shape index (κ3) is 2.54. The molecule has 0 bridgehead atoms. The van der Waals surface area contributed by atoms with Crippen LogP contribution in [-0.4, -0.2) is 4.57 Å². The van der Waals surface area contributed by atoms with E-state index in [1.54, 1.807) is 6.07 Å². The van der Waals surface area contributed by atoms with Gasteiger partial charge in [0.2, 0.25) is 5.69 Å². The molecule has 0 aliphatic heterocycles. The Morgan fingerprint density at radius 2 is 1.74 bits per heavy atom. The van der Waals surface area contributed by atoms with Gasteiger partial charge in [-0.1, -0.05) is 12.1 Å². The lowest BCUT2D eigenvalue weighted by molar-refractivity contribution is -0.660. The second-order valence-electron chi connectivity index (χ2n) is 8.66. The first-order chi connectivity index (χ1) is 15.0. The second-order valence-corrected chi connectivity index (χ2v) is 8.66. The average Bonchev–Trinajstić information content (AvgIpc) is 3.44. The fourth-order valence-electron chi connectivity index (χ4n) is 5.30. The summed E-state index contributed by atoms with van der Waals surface area (Å²) in [6.07, 6.45) is 7.27. The first-order valence-corrected chi connectivity index (χ1v) is 10.8. The van der Waals surface area contributed by atoms with Crippen molar-refractivity contribution in [2.45, 2.75) is 26.2 Å². The lowest BCUT2D eigenvalue weighted by atomic mass is 9.98. The van der Waals surface area contributed by atoms with Crippen LogP contribution in [0.2, 0.25) is 0 Å². The topological polar surface area (TPSA) is 21.9 Å². The number of halogens is 1. The summed E-state index contributed by atoms with van der Waals surface area (Å²) < 4.78 is 26.1. The maximum absolute atomic E-state index is 15.3. The smallest absolute Gasteiger partial charge is 0.216 e. The highest BCUT2D eigenvalue weighted by Crippen LogP contribution is 2.44. The molecule has 0 spiro atoms. The third-order valence-electron chi connectivity index (χ3n) is 6.81. The Morgan fingerprint density at radius 3 is 2.55 bits per heavy atom. The van der Waals surface area contributed by atoms with Gasteiger partial charge in [-0.3, -0.25) is 0 Å². The van der Waals surface area contributed by atoms with Crippen LogP contribution in [0.15, 0.2) is 59.3 Å². The molecule has 5 aromatic rings. The zero-order valence-electron chi connectivity index (χ0n) is 18.0. The number of benzene rings is 2. The molecule has 0 unspecified atom stereocenters. The fourth-order valence-corrected chi connectivity index (χ4v) is 5.30. The molecule has 0 fully saturated rings. The number of pyridine rings is 1. The van der Waals surface area contributed by atoms with Crippen LogP contribution in [0.25, 0.3) is 44.3 Å². The minimum atomic E-state index is -0.226. The van der Waals surface area contributed by atoms with Crippen LogP contribution in [0.1, 0.15) is 23.2 Å². The van der Waals surface area contributed by atoms with Crippen molar-refractivity contribution in [2.24, 2.45) is 14.1 Å². The van der Waals surface area contributed by atoms with Gasteiger partial charge >= 0.3 is 0 Å². The number of aromatic nitrogens is 2. The minimum absolute atomic E-state index is 0.226. The number of rotatable bonds is 2. The van der Waals surface area contributed by atoms with Crippen LogP contribution in [0.3, 0.4) is 0 Å². The monoisotopic (exact) mass is 411 g/mol. The van der Waals surface area contributed by atoms with Gasteiger partial charge in [0.1, 0.15) is 24.0 Å². The SMILES string of the molecule is Cc1ccc2c(oc3c(-c4cn(C)c5c4CCC5)c(F)ccc32)c1-c1cccc[n+]1C. The summed E-state index contributed by atoms with van der Waals surface area (Å²) in [6.45, 7) is 2.10. The molecule has 3 nitrogen and oxygen atoms in total. The number of nitrogens with zero attached hydrogens (tertiary/aromatic N) is 2. The van der Waals surface area contributed by atoms with Crippen molar-refractivity contribution in [3.63, 3.8) is 0 Å². The van der Waals surface area contributed by atoms with E-state index in [0.29, 0.717) is 11.1 Å². The van der Waals surface area contributed by atoms with E-state index in [4.69, 9.17) is 4.42 Å². The van der Waals surface area contributed by atoms with Crippen molar-refractivity contribution < 1.29 is 13.4 Å². The highest BCUT2D eigenvalue weighted by Gasteiger charge is 2.27. The number of hydrogen-bond donors (Lipinski definition) is 0. The molecular formula is C27H24FN2O+. The quantitative estimate of drug-likeness (QED) is 0.326. The van der Waals surface area contributed by atoms with E-state index >= 15 is 4.39 Å². The van der Waals surface area contributed by atoms with Gasteiger partial charge in [0.05, 0.1) is 11.1 Å². The molecule has 154 valence electrons. The molecule has 1 aliphatic rings. The first-order valence-electron chi connectivity index (χ1n) is 10.8. The highest BCUT2D eigenvalue weighted by atomic mass is 19.1. The minimum Gasteiger partial charge on any atom is -0.454 e. The zero-order valence-corrected chi connectivity index (χ0v) is 18.0. The molecule has 0 radical (unpaired) electrons. The average molecular weight is 412 g/mol. The summed E-state index contributed by atoms with van der Waals surface area (Å²) in [5, 5.41) is 1.98. The zero-order chi connectivity index (χ0) is 21.3. The van der Waals surface area contributed by atoms with E-state index in [1.165, 1.54) is 11.3 Å². The van der Waals surface area contributed by atoms with E-state index in [2.05, 4.69) is 47.5 Å². The van der Waals surface area contributed by atoms with Crippen LogP contribution in [0, 0.1) is 12.7 Å². The fraction of sp³-hybridized carbons (Fsp3) is 0.222. The Hall–Kier alpha value is -3.40. The predicted octanol–water partition coefficient (Wildman–Crippen LogP) is 6.02. The third-order valence-corrected chi connectivity index (χ3v) is 6.81. The van der Waals surface area contributed by atoms with E-state index in [-0.39, 0.29) is 5.82 Å². The molecule has 1 aliphatic carbocycles. The van der Waals surface area contributed by atoms with Crippen molar-refractivity contribution in [3.05, 3.63) is 77.5 Å². The van der Waals surface area contributed by atoms with Gasteiger partial charge in [-0.25, -0.2) is 8.96 Å². The van der Waals surface area contributed by atoms with E-state index in [9.17, 15) is 0 Å². The highest BCUT2D eigenvalue weighted by molar-refractivity contribution is 6.13. The summed E-state index contributed by atoms with van der Waals surface area (Å²) in [5.74, 6) is -0.226. The summed E-state index contributed by atoms with van der Waals surface area (Å²) in [5.41, 5.74) is 8.87. The molecular weight excluding hydrogens is 387 g/mol. The van der Waals surface area contributed by atoms with Gasteiger partial charge in [0.15, 0.2) is 6.20 Å². The lowest BCUT2D eigenvalue weighted by Crippen LogP contribution is -2.30. The van der Waals surface area contributed by atoms with Crippen LogP contribution in [-0.2, 0) is 26.9 Å². The Balaban J connectivity index is 1.72. The molecule has 0 amide bonds. The van der Waals surface area contributed by atoms with Crippen LogP contribution in [0.5, 0.6) is 0 Å². The van der Waals surface area contributed by atoms with Gasteiger partial charge in [0, 0.05) is 47.4 Å². The van der Waals surface area contributed by atoms with Gasteiger partial charge in [-0.2, -0.15) is 0 Å². The van der Waals surface area contributed by atoms with Crippen LogP contribution < -0.4 is 4.57 Å². The number of hydrogen-bond acceptors (Lipinski definition) is 1. The number of aryl methyl sites for hydroxylation is 3. The summed E-state index contributed by atoms with van der Waals surface area (Å²) in [4.78, 5) is 0. The Morgan fingerprint density at radius 1 is 0.968 bits per heavy atom. The van der Waals surface area contributed by atoms with E-state index in [0.717, 1.165) is 58.0 Å². The molecule has 4 heteroatoms. The molecule has 3 aromatic heterocycles. The van der Waals surface area contributed by atoms with Crippen LogP contribution >= 0.6 is 0 Å². The van der Waals surface area contributed by atoms with Gasteiger partial charge in [-0.15, -0.1) is 0 Å². The molecule has 31 heavy (non-hydrogen) atoms. The largest absolute Gasteiger partial charge is 0.454 e. The van der Waals surface area contributed by atoms with Crippen molar-refractivity contribution in [3.8, 4) is 22.4 Å². The number of furan rings is 1.